The van der Waals surface area contributed by atoms with Gasteiger partial charge in [0.2, 0.25) is 26.2 Å². The predicted molar refractivity (Wildman–Crippen MR) is 153 cm³/mol. The molecule has 14 N–H and O–H groups in total. The van der Waals surface area contributed by atoms with Crippen LogP contribution in [0.3, 0.4) is 0 Å². The fraction of sp³-hybridized carbons (Fsp3) is 0.364. The quantitative estimate of drug-likeness (QED) is 0.0539. The number of hydrogen-bond donors (Lipinski definition) is 12. The second kappa shape index (κ2) is 15.7. The van der Waals surface area contributed by atoms with E-state index in [-0.39, 0.29) is 0 Å². The molecule has 0 heterocycles. The number of benzene rings is 2. The SMILES string of the molecule is N[C@@H](CCP(=O)(O)C(O)c1cc(O)c(O)c([N+](=O)[O-])c1)C(=O)O.N[C@@H](CCP(=O)(O)C(O)c1cc(O)c(O)c([N+](=O)[O-])c1)C(=O)O. The van der Waals surface area contributed by atoms with Gasteiger partial charge in [0.25, 0.3) is 0 Å². The van der Waals surface area contributed by atoms with E-state index in [0.29, 0.717) is 24.3 Å². The van der Waals surface area contributed by atoms with Gasteiger partial charge in [-0.25, -0.2) is 0 Å². The number of nitro groups is 2. The Morgan fingerprint density at radius 2 is 0.978 bits per heavy atom. The van der Waals surface area contributed by atoms with Crippen LogP contribution in [0.1, 0.15) is 35.7 Å². The van der Waals surface area contributed by atoms with Gasteiger partial charge in [-0.3, -0.25) is 38.9 Å². The molecule has 0 saturated heterocycles. The number of aromatic hydroxyl groups is 4. The van der Waals surface area contributed by atoms with Crippen molar-refractivity contribution in [1.82, 2.24) is 0 Å². The van der Waals surface area contributed by atoms with Crippen molar-refractivity contribution in [2.24, 2.45) is 11.5 Å². The number of aliphatic hydroxyl groups is 2. The van der Waals surface area contributed by atoms with Crippen LogP contribution in [0.25, 0.3) is 0 Å². The molecule has 0 aliphatic carbocycles. The van der Waals surface area contributed by atoms with Gasteiger partial charge in [-0.15, -0.1) is 0 Å². The number of rotatable bonds is 14. The number of nitrogens with two attached hydrogens (primary N) is 2. The van der Waals surface area contributed by atoms with E-state index < -0.39 is 131 Å². The minimum absolute atomic E-state index is 0.410. The molecule has 0 fully saturated rings. The van der Waals surface area contributed by atoms with Crippen molar-refractivity contribution in [1.29, 1.82) is 0 Å². The highest BCUT2D eigenvalue weighted by Gasteiger charge is 2.35. The highest BCUT2D eigenvalue weighted by Crippen LogP contribution is 2.57. The average molecular weight is 700 g/mol. The van der Waals surface area contributed by atoms with Crippen molar-refractivity contribution in [3.63, 3.8) is 0 Å². The number of phenolic OH excluding ortho intramolecular Hbond substituents is 4. The third kappa shape index (κ3) is 10.3. The van der Waals surface area contributed by atoms with E-state index in [4.69, 9.17) is 21.7 Å². The predicted octanol–water partition coefficient (Wildman–Crippen LogP) is 0.139. The van der Waals surface area contributed by atoms with Crippen molar-refractivity contribution < 1.29 is 79.2 Å². The smallest absolute Gasteiger partial charge is 0.320 e. The summed E-state index contributed by atoms with van der Waals surface area (Å²) in [6, 6.07) is -0.144. The zero-order valence-electron chi connectivity index (χ0n) is 23.1. The lowest BCUT2D eigenvalue weighted by Crippen LogP contribution is -2.31. The monoisotopic (exact) mass is 700 g/mol. The summed E-state index contributed by atoms with van der Waals surface area (Å²) in [6.45, 7) is 0. The molecule has 2 aromatic carbocycles. The van der Waals surface area contributed by atoms with Crippen molar-refractivity contribution in [3.8, 4) is 23.0 Å². The number of carboxylic acid groups (broad SMARTS) is 2. The van der Waals surface area contributed by atoms with Crippen LogP contribution >= 0.6 is 14.7 Å². The Morgan fingerprint density at radius 3 is 1.22 bits per heavy atom. The summed E-state index contributed by atoms with van der Waals surface area (Å²) in [7, 11) is -8.77. The van der Waals surface area contributed by atoms with Crippen LogP contribution in [-0.4, -0.2) is 96.8 Å². The number of phenols is 4. The number of aliphatic hydroxyl groups excluding tert-OH is 2. The summed E-state index contributed by atoms with van der Waals surface area (Å²) >= 11 is 0. The molecular weight excluding hydrogens is 670 g/mol. The molecule has 2 rings (SSSR count). The number of nitrogens with zero attached hydrogens (tertiary/aromatic N) is 2. The van der Waals surface area contributed by atoms with E-state index in [1.54, 1.807) is 0 Å². The molecule has 22 nitrogen and oxygen atoms in total. The molecule has 4 unspecified atom stereocenters. The van der Waals surface area contributed by atoms with Crippen LogP contribution in [0.2, 0.25) is 0 Å². The van der Waals surface area contributed by atoms with Crippen molar-refractivity contribution >= 4 is 38.1 Å². The molecule has 0 bridgehead atoms. The number of carbonyl (C=O) groups is 2. The highest BCUT2D eigenvalue weighted by molar-refractivity contribution is 7.58. The minimum atomic E-state index is -4.39. The molecule has 0 aromatic heterocycles. The highest BCUT2D eigenvalue weighted by atomic mass is 31.2. The number of carboxylic acids is 2. The van der Waals surface area contributed by atoms with Gasteiger partial charge in [-0.05, 0) is 25.0 Å². The summed E-state index contributed by atoms with van der Waals surface area (Å²) in [5.74, 6) is -11.0. The Bertz CT molecular complexity index is 1470. The number of nitro benzene ring substituents is 2. The van der Waals surface area contributed by atoms with Gasteiger partial charge in [0, 0.05) is 35.6 Å². The fourth-order valence-corrected chi connectivity index (χ4v) is 6.45. The normalized spacial score (nSPS) is 16.3. The Morgan fingerprint density at radius 1 is 0.696 bits per heavy atom. The molecule has 0 aliphatic rings. The first kappa shape index (κ1) is 39.6. The van der Waals surface area contributed by atoms with Gasteiger partial charge >= 0.3 is 23.3 Å². The zero-order valence-corrected chi connectivity index (χ0v) is 24.9. The lowest BCUT2D eigenvalue weighted by atomic mass is 10.2. The van der Waals surface area contributed by atoms with Gasteiger partial charge in [0.1, 0.15) is 12.1 Å². The van der Waals surface area contributed by atoms with Crippen LogP contribution in [0, 0.1) is 20.2 Å². The summed E-state index contributed by atoms with van der Waals surface area (Å²) in [4.78, 5) is 60.1. The third-order valence-electron chi connectivity index (χ3n) is 6.09. The summed E-state index contributed by atoms with van der Waals surface area (Å²) in [6.07, 6.45) is -2.13. The van der Waals surface area contributed by atoms with Crippen molar-refractivity contribution in [2.75, 3.05) is 12.3 Å². The average Bonchev–Trinajstić information content (AvgIpc) is 2.96. The maximum absolute atomic E-state index is 12.1. The number of aliphatic carboxylic acids is 2. The zero-order chi connectivity index (χ0) is 35.9. The van der Waals surface area contributed by atoms with Crippen LogP contribution in [-0.2, 0) is 18.7 Å². The molecule has 6 atom stereocenters. The molecule has 46 heavy (non-hydrogen) atoms. The summed E-state index contributed by atoms with van der Waals surface area (Å²) in [5, 5.41) is 95.9. The molecule has 2 aromatic rings. The first-order valence-electron chi connectivity index (χ1n) is 12.3. The molecule has 0 amide bonds. The van der Waals surface area contributed by atoms with Crippen LogP contribution in [0.4, 0.5) is 11.4 Å². The Kier molecular flexibility index (Phi) is 13.6. The van der Waals surface area contributed by atoms with E-state index in [9.17, 15) is 79.4 Å². The maximum atomic E-state index is 12.1. The van der Waals surface area contributed by atoms with E-state index in [1.807, 2.05) is 0 Å². The first-order valence-corrected chi connectivity index (χ1v) is 16.1. The summed E-state index contributed by atoms with van der Waals surface area (Å²) in [5.41, 5.74) is 7.53. The van der Waals surface area contributed by atoms with Gasteiger partial charge in [0.15, 0.2) is 23.2 Å². The first-order chi connectivity index (χ1) is 20.9. The fourth-order valence-electron chi connectivity index (χ4n) is 3.43. The Hall–Kier alpha value is -4.40. The molecule has 0 radical (unpaired) electrons. The molecule has 0 aliphatic heterocycles. The topological polar surface area (TPSA) is 409 Å². The van der Waals surface area contributed by atoms with Gasteiger partial charge in [-0.2, -0.15) is 0 Å². The molecule has 24 heteroatoms. The molecule has 256 valence electrons. The standard InChI is InChI=1S/2C11H15N2O9P/c2*12-6(10(16)17)1-2-23(21,22)11(18)5-3-7(13(19)20)9(15)8(14)4-5/h2*3-4,6,11,14-15,18H,1-2,12H2,(H,16,17)(H,21,22)/t2*6-,11?/m00/s1. The molecule has 0 spiro atoms. The largest absolute Gasteiger partial charge is 0.504 e. The Labute approximate surface area is 256 Å². The minimum Gasteiger partial charge on any atom is -0.504 e. The second-order valence-electron chi connectivity index (χ2n) is 9.50. The van der Waals surface area contributed by atoms with Crippen molar-refractivity contribution in [3.05, 3.63) is 55.6 Å². The second-order valence-corrected chi connectivity index (χ2v) is 14.4. The maximum Gasteiger partial charge on any atom is 0.320 e. The van der Waals surface area contributed by atoms with E-state index >= 15 is 0 Å². The van der Waals surface area contributed by atoms with Gasteiger partial charge < -0.3 is 62.1 Å². The van der Waals surface area contributed by atoms with Gasteiger partial charge in [-0.1, -0.05) is 0 Å². The van der Waals surface area contributed by atoms with Gasteiger partial charge in [0.05, 0.1) is 9.85 Å². The number of hydrogen-bond acceptors (Lipinski definition) is 16. The van der Waals surface area contributed by atoms with Crippen LogP contribution in [0.5, 0.6) is 23.0 Å². The van der Waals surface area contributed by atoms with E-state index in [1.165, 1.54) is 0 Å². The lowest BCUT2D eigenvalue weighted by molar-refractivity contribution is -0.386. The molecule has 0 saturated carbocycles. The van der Waals surface area contributed by atoms with E-state index in [2.05, 4.69) is 0 Å². The third-order valence-corrected chi connectivity index (χ3v) is 10.0. The van der Waals surface area contributed by atoms with Crippen LogP contribution < -0.4 is 11.5 Å². The van der Waals surface area contributed by atoms with Crippen molar-refractivity contribution in [2.45, 2.75) is 36.6 Å². The summed E-state index contributed by atoms with van der Waals surface area (Å²) < 4.78 is 24.1. The molecular formula is C22H30N4O18P2. The lowest BCUT2D eigenvalue weighted by Gasteiger charge is -2.19. The Balaban J connectivity index is 0.000000460. The van der Waals surface area contributed by atoms with E-state index in [0.717, 1.165) is 0 Å². The van der Waals surface area contributed by atoms with Crippen LogP contribution in [0.15, 0.2) is 24.3 Å².